The normalized spacial score (nSPS) is 11.6. The van der Waals surface area contributed by atoms with Crippen LogP contribution in [0.4, 0.5) is 10.2 Å². The maximum Gasteiger partial charge on any atom is 0.253 e. The summed E-state index contributed by atoms with van der Waals surface area (Å²) in [6.07, 6.45) is 5.04. The molecule has 0 saturated heterocycles. The second-order valence-corrected chi connectivity index (χ2v) is 8.00. The Hall–Kier alpha value is -2.00. The third kappa shape index (κ3) is 3.88. The summed E-state index contributed by atoms with van der Waals surface area (Å²) in [5.41, 5.74) is -0.400. The van der Waals surface area contributed by atoms with Crippen LogP contribution >= 0.6 is 31.9 Å². The van der Waals surface area contributed by atoms with Crippen LogP contribution in [0.25, 0.3) is 0 Å². The smallest absolute Gasteiger partial charge is 0.253 e. The predicted octanol–water partition coefficient (Wildman–Crippen LogP) is 4.17. The lowest BCUT2D eigenvalue weighted by Crippen LogP contribution is -2.40. The highest BCUT2D eigenvalue weighted by atomic mass is 79.9. The van der Waals surface area contributed by atoms with E-state index in [2.05, 4.69) is 47.4 Å². The number of hydrogen-bond donors (Lipinski definition) is 1. The minimum atomic E-state index is -0.916. The molecule has 0 bridgehead atoms. The Morgan fingerprint density at radius 3 is 2.65 bits per heavy atom. The van der Waals surface area contributed by atoms with Gasteiger partial charge in [-0.25, -0.2) is 4.39 Å². The van der Waals surface area contributed by atoms with E-state index in [0.29, 0.717) is 15.9 Å². The van der Waals surface area contributed by atoms with E-state index in [4.69, 9.17) is 0 Å². The van der Waals surface area contributed by atoms with E-state index in [1.54, 1.807) is 60.0 Å². The molecule has 0 radical (unpaired) electrons. The minimum Gasteiger partial charge on any atom is -0.306 e. The minimum absolute atomic E-state index is 0.261. The van der Waals surface area contributed by atoms with Crippen molar-refractivity contribution in [3.05, 3.63) is 63.2 Å². The molecule has 2 aromatic heterocycles. The number of anilines is 1. The van der Waals surface area contributed by atoms with E-state index in [0.717, 1.165) is 4.47 Å². The van der Waals surface area contributed by atoms with Crippen molar-refractivity contribution in [3.8, 4) is 0 Å². The Bertz CT molecular complexity index is 950. The summed E-state index contributed by atoms with van der Waals surface area (Å²) < 4.78 is 18.3. The molecule has 0 aliphatic heterocycles. The topological polar surface area (TPSA) is 64.7 Å². The molecule has 0 atom stereocenters. The van der Waals surface area contributed by atoms with Crippen LogP contribution in [0.5, 0.6) is 0 Å². The van der Waals surface area contributed by atoms with Crippen LogP contribution in [-0.4, -0.2) is 25.5 Å². The molecule has 3 aromatic rings. The van der Waals surface area contributed by atoms with E-state index >= 15 is 0 Å². The molecular formula is C17H16Br2FN5O. The first-order valence-electron chi connectivity index (χ1n) is 7.76. The fourth-order valence-electron chi connectivity index (χ4n) is 2.33. The molecular weight excluding hydrogens is 469 g/mol. The number of aromatic nitrogens is 4. The SMILES string of the molecule is CC(C)(C(=O)Nc1nn(Cc2ccccc2F)cc1Br)n1cc(Br)cn1. The second kappa shape index (κ2) is 7.32. The average Bonchev–Trinajstić information content (AvgIpc) is 3.16. The molecule has 1 amide bonds. The Morgan fingerprint density at radius 1 is 1.27 bits per heavy atom. The molecule has 0 spiro atoms. The average molecular weight is 485 g/mol. The van der Waals surface area contributed by atoms with Crippen molar-refractivity contribution >= 4 is 43.6 Å². The number of nitrogens with zero attached hydrogens (tertiary/aromatic N) is 4. The van der Waals surface area contributed by atoms with E-state index < -0.39 is 5.54 Å². The number of carbonyl (C=O) groups excluding carboxylic acids is 1. The van der Waals surface area contributed by atoms with Crippen molar-refractivity contribution in [2.45, 2.75) is 25.9 Å². The summed E-state index contributed by atoms with van der Waals surface area (Å²) in [4.78, 5) is 12.7. The van der Waals surface area contributed by atoms with Crippen LogP contribution in [0.1, 0.15) is 19.4 Å². The Kier molecular flexibility index (Phi) is 5.29. The van der Waals surface area contributed by atoms with Gasteiger partial charge in [0.15, 0.2) is 5.82 Å². The number of halogens is 3. The number of carbonyl (C=O) groups is 1. The Balaban J connectivity index is 1.77. The first kappa shape index (κ1) is 18.8. The van der Waals surface area contributed by atoms with Gasteiger partial charge in [0.2, 0.25) is 0 Å². The van der Waals surface area contributed by atoms with Crippen molar-refractivity contribution < 1.29 is 9.18 Å². The van der Waals surface area contributed by atoms with Gasteiger partial charge in [-0.1, -0.05) is 18.2 Å². The Morgan fingerprint density at radius 2 is 2.00 bits per heavy atom. The maximum absolute atomic E-state index is 13.8. The largest absolute Gasteiger partial charge is 0.306 e. The van der Waals surface area contributed by atoms with Gasteiger partial charge in [0.25, 0.3) is 5.91 Å². The van der Waals surface area contributed by atoms with Gasteiger partial charge in [-0.15, -0.1) is 0 Å². The zero-order valence-corrected chi connectivity index (χ0v) is 17.3. The van der Waals surface area contributed by atoms with Gasteiger partial charge in [-0.05, 0) is 51.8 Å². The third-order valence-electron chi connectivity index (χ3n) is 3.92. The molecule has 136 valence electrons. The molecule has 6 nitrogen and oxygen atoms in total. The van der Waals surface area contributed by atoms with Gasteiger partial charge in [0.1, 0.15) is 11.4 Å². The molecule has 3 rings (SSSR count). The van der Waals surface area contributed by atoms with Gasteiger partial charge in [0.05, 0.1) is 21.7 Å². The molecule has 9 heteroatoms. The van der Waals surface area contributed by atoms with Crippen LogP contribution in [0, 0.1) is 5.82 Å². The van der Waals surface area contributed by atoms with Gasteiger partial charge in [-0.3, -0.25) is 14.2 Å². The zero-order chi connectivity index (χ0) is 18.9. The quantitative estimate of drug-likeness (QED) is 0.591. The second-order valence-electron chi connectivity index (χ2n) is 6.23. The summed E-state index contributed by atoms with van der Waals surface area (Å²) >= 11 is 6.71. The number of nitrogens with one attached hydrogen (secondary N) is 1. The van der Waals surface area contributed by atoms with Crippen LogP contribution in [0.3, 0.4) is 0 Å². The van der Waals surface area contributed by atoms with Crippen molar-refractivity contribution in [1.29, 1.82) is 0 Å². The van der Waals surface area contributed by atoms with Crippen molar-refractivity contribution in [3.63, 3.8) is 0 Å². The first-order valence-corrected chi connectivity index (χ1v) is 9.34. The lowest BCUT2D eigenvalue weighted by atomic mass is 10.1. The summed E-state index contributed by atoms with van der Waals surface area (Å²) in [7, 11) is 0. The fourth-order valence-corrected chi connectivity index (χ4v) is 3.04. The zero-order valence-electron chi connectivity index (χ0n) is 14.1. The van der Waals surface area contributed by atoms with E-state index in [9.17, 15) is 9.18 Å². The van der Waals surface area contributed by atoms with Crippen LogP contribution in [0.2, 0.25) is 0 Å². The van der Waals surface area contributed by atoms with Crippen molar-refractivity contribution in [2.75, 3.05) is 5.32 Å². The molecule has 0 aliphatic carbocycles. The highest BCUT2D eigenvalue weighted by Gasteiger charge is 2.31. The fraction of sp³-hybridized carbons (Fsp3) is 0.235. The third-order valence-corrected chi connectivity index (χ3v) is 4.91. The van der Waals surface area contributed by atoms with E-state index in [1.165, 1.54) is 6.07 Å². The molecule has 26 heavy (non-hydrogen) atoms. The van der Waals surface area contributed by atoms with Crippen molar-refractivity contribution in [2.24, 2.45) is 0 Å². The van der Waals surface area contributed by atoms with Crippen LogP contribution in [0.15, 0.2) is 51.8 Å². The predicted molar refractivity (Wildman–Crippen MR) is 103 cm³/mol. The van der Waals surface area contributed by atoms with E-state index in [-0.39, 0.29) is 18.3 Å². The first-order chi connectivity index (χ1) is 12.3. The summed E-state index contributed by atoms with van der Waals surface area (Å²) in [5, 5.41) is 11.3. The van der Waals surface area contributed by atoms with Crippen LogP contribution in [-0.2, 0) is 16.9 Å². The molecule has 1 aromatic carbocycles. The van der Waals surface area contributed by atoms with Gasteiger partial charge in [-0.2, -0.15) is 10.2 Å². The molecule has 0 saturated carbocycles. The number of hydrogen-bond acceptors (Lipinski definition) is 3. The Labute approximate surface area is 166 Å². The highest BCUT2D eigenvalue weighted by Crippen LogP contribution is 2.24. The summed E-state index contributed by atoms with van der Waals surface area (Å²) in [6.45, 7) is 3.77. The molecule has 0 fully saturated rings. The maximum atomic E-state index is 13.8. The standard InChI is InChI=1S/C17H16Br2FN5O/c1-17(2,25-9-12(18)7-21-25)16(26)22-15-13(19)10-24(23-15)8-11-5-3-4-6-14(11)20/h3-7,9-10H,8H2,1-2H3,(H,22,23,26). The number of rotatable bonds is 5. The lowest BCUT2D eigenvalue weighted by Gasteiger charge is -2.23. The molecule has 2 heterocycles. The molecule has 0 aliphatic rings. The highest BCUT2D eigenvalue weighted by molar-refractivity contribution is 9.10. The van der Waals surface area contributed by atoms with Crippen molar-refractivity contribution in [1.82, 2.24) is 19.6 Å². The van der Waals surface area contributed by atoms with Gasteiger partial charge < -0.3 is 5.32 Å². The summed E-state index contributed by atoms with van der Waals surface area (Å²) in [5.74, 6) is -0.203. The molecule has 1 N–H and O–H groups in total. The monoisotopic (exact) mass is 483 g/mol. The van der Waals surface area contributed by atoms with Gasteiger partial charge in [0, 0.05) is 18.0 Å². The number of amides is 1. The number of benzene rings is 1. The van der Waals surface area contributed by atoms with E-state index in [1.807, 2.05) is 0 Å². The summed E-state index contributed by atoms with van der Waals surface area (Å²) in [6, 6.07) is 6.51. The van der Waals surface area contributed by atoms with Gasteiger partial charge >= 0.3 is 0 Å². The van der Waals surface area contributed by atoms with Crippen LogP contribution < -0.4 is 5.32 Å². The lowest BCUT2D eigenvalue weighted by molar-refractivity contribution is -0.123. The molecule has 0 unspecified atom stereocenters.